The van der Waals surface area contributed by atoms with Gasteiger partial charge >= 0.3 is 5.97 Å². The average Bonchev–Trinajstić information content (AvgIpc) is 2.28. The molecule has 0 bridgehead atoms. The number of nitrogens with zero attached hydrogens (tertiary/aromatic N) is 1. The van der Waals surface area contributed by atoms with E-state index in [-0.39, 0.29) is 10.6 Å². The lowest BCUT2D eigenvalue weighted by Gasteiger charge is -2.07. The molecule has 2 rings (SSSR count). The van der Waals surface area contributed by atoms with Gasteiger partial charge in [-0.15, -0.1) is 0 Å². The number of halogens is 2. The van der Waals surface area contributed by atoms with Crippen molar-refractivity contribution < 1.29 is 13.9 Å². The van der Waals surface area contributed by atoms with Crippen LogP contribution in [-0.4, -0.2) is 18.1 Å². The predicted octanol–water partition coefficient (Wildman–Crippen LogP) is 2.81. The van der Waals surface area contributed by atoms with Crippen LogP contribution in [0, 0.1) is 5.82 Å². The molecule has 1 aromatic heterocycles. The molecule has 5 heteroatoms. The van der Waals surface area contributed by atoms with Crippen molar-refractivity contribution >= 4 is 28.3 Å². The number of benzene rings is 1. The first-order valence-electron chi connectivity index (χ1n) is 4.45. The van der Waals surface area contributed by atoms with E-state index in [1.165, 1.54) is 19.5 Å². The number of ether oxygens (including phenoxy) is 1. The van der Waals surface area contributed by atoms with Gasteiger partial charge < -0.3 is 4.74 Å². The number of rotatable bonds is 1. The number of carbonyl (C=O) groups is 1. The average molecular weight is 240 g/mol. The molecule has 16 heavy (non-hydrogen) atoms. The molecule has 0 saturated carbocycles. The summed E-state index contributed by atoms with van der Waals surface area (Å²) >= 11 is 5.86. The fourth-order valence-corrected chi connectivity index (χ4v) is 1.76. The quantitative estimate of drug-likeness (QED) is 0.719. The van der Waals surface area contributed by atoms with Crippen molar-refractivity contribution in [2.75, 3.05) is 7.11 Å². The molecule has 3 nitrogen and oxygen atoms in total. The molecular weight excluding hydrogens is 233 g/mol. The Balaban J connectivity index is 2.87. The third-order valence-electron chi connectivity index (χ3n) is 2.23. The Morgan fingerprint density at radius 2 is 2.25 bits per heavy atom. The van der Waals surface area contributed by atoms with Crippen molar-refractivity contribution in [2.24, 2.45) is 0 Å². The highest BCUT2D eigenvalue weighted by molar-refractivity contribution is 6.36. The molecule has 0 radical (unpaired) electrons. The summed E-state index contributed by atoms with van der Waals surface area (Å²) in [5, 5.41) is 1.15. The zero-order valence-electron chi connectivity index (χ0n) is 8.33. The summed E-state index contributed by atoms with van der Waals surface area (Å²) in [6.45, 7) is 0. The Kier molecular flexibility index (Phi) is 2.75. The lowest BCUT2D eigenvalue weighted by molar-refractivity contribution is 0.0598. The molecule has 1 aromatic carbocycles. The number of methoxy groups -OCH3 is 1. The van der Waals surface area contributed by atoms with E-state index in [1.54, 1.807) is 6.07 Å². The summed E-state index contributed by atoms with van der Waals surface area (Å²) in [6.07, 6.45) is 2.91. The van der Waals surface area contributed by atoms with Crippen molar-refractivity contribution in [3.8, 4) is 0 Å². The first-order chi connectivity index (χ1) is 7.65. The highest BCUT2D eigenvalue weighted by Gasteiger charge is 2.18. The van der Waals surface area contributed by atoms with Crippen LogP contribution in [0.5, 0.6) is 0 Å². The highest BCUT2D eigenvalue weighted by Crippen LogP contribution is 2.28. The molecule has 0 aliphatic heterocycles. The van der Waals surface area contributed by atoms with Gasteiger partial charge in [-0.3, -0.25) is 4.98 Å². The SMILES string of the molecule is COC(=O)c1c(F)cc(Cl)c2ccncc12. The van der Waals surface area contributed by atoms with E-state index in [0.29, 0.717) is 10.8 Å². The monoisotopic (exact) mass is 239 g/mol. The zero-order chi connectivity index (χ0) is 11.7. The minimum absolute atomic E-state index is 0.144. The summed E-state index contributed by atoms with van der Waals surface area (Å²) in [5.74, 6) is -1.45. The molecule has 0 atom stereocenters. The Labute approximate surface area is 95.8 Å². The third kappa shape index (κ3) is 1.61. The van der Waals surface area contributed by atoms with E-state index in [2.05, 4.69) is 9.72 Å². The van der Waals surface area contributed by atoms with Crippen LogP contribution in [0.1, 0.15) is 10.4 Å². The van der Waals surface area contributed by atoms with Gasteiger partial charge in [-0.25, -0.2) is 9.18 Å². The molecule has 0 unspecified atom stereocenters. The molecule has 82 valence electrons. The molecule has 0 aliphatic rings. The van der Waals surface area contributed by atoms with Gasteiger partial charge in [-0.2, -0.15) is 0 Å². The van der Waals surface area contributed by atoms with E-state index in [9.17, 15) is 9.18 Å². The van der Waals surface area contributed by atoms with Crippen LogP contribution in [0.15, 0.2) is 24.5 Å². The van der Waals surface area contributed by atoms with Gasteiger partial charge in [0.05, 0.1) is 12.1 Å². The number of aromatic nitrogens is 1. The van der Waals surface area contributed by atoms with Crippen LogP contribution in [0.4, 0.5) is 4.39 Å². The maximum absolute atomic E-state index is 13.6. The molecule has 0 fully saturated rings. The Morgan fingerprint density at radius 3 is 2.94 bits per heavy atom. The number of esters is 1. The Bertz CT molecular complexity index is 571. The maximum Gasteiger partial charge on any atom is 0.341 e. The fraction of sp³-hybridized carbons (Fsp3) is 0.0909. The highest BCUT2D eigenvalue weighted by atomic mass is 35.5. The predicted molar refractivity (Wildman–Crippen MR) is 58.1 cm³/mol. The summed E-state index contributed by atoms with van der Waals surface area (Å²) in [5.41, 5.74) is -0.144. The van der Waals surface area contributed by atoms with Crippen LogP contribution >= 0.6 is 11.6 Å². The van der Waals surface area contributed by atoms with E-state index < -0.39 is 11.8 Å². The van der Waals surface area contributed by atoms with E-state index in [0.717, 1.165) is 6.07 Å². The standard InChI is InChI=1S/C11H7ClFNO2/c1-16-11(15)10-7-5-14-3-2-6(7)8(12)4-9(10)13/h2-5H,1H3. The molecular formula is C11H7ClFNO2. The molecule has 0 N–H and O–H groups in total. The first-order valence-corrected chi connectivity index (χ1v) is 4.83. The molecule has 0 amide bonds. The van der Waals surface area contributed by atoms with E-state index >= 15 is 0 Å². The van der Waals surface area contributed by atoms with Crippen LogP contribution in [0.2, 0.25) is 5.02 Å². The minimum atomic E-state index is -0.743. The van der Waals surface area contributed by atoms with Crippen molar-refractivity contribution in [3.63, 3.8) is 0 Å². The van der Waals surface area contributed by atoms with Gasteiger partial charge in [0, 0.05) is 23.2 Å². The molecule has 0 saturated heterocycles. The summed E-state index contributed by atoms with van der Waals surface area (Å²) < 4.78 is 18.1. The lowest BCUT2D eigenvalue weighted by Crippen LogP contribution is -2.05. The number of hydrogen-bond acceptors (Lipinski definition) is 3. The van der Waals surface area contributed by atoms with Crippen molar-refractivity contribution in [1.82, 2.24) is 4.98 Å². The summed E-state index contributed by atoms with van der Waals surface area (Å²) in [4.78, 5) is 15.3. The summed E-state index contributed by atoms with van der Waals surface area (Å²) in [6, 6.07) is 2.71. The van der Waals surface area contributed by atoms with Crippen LogP contribution < -0.4 is 0 Å². The number of fused-ring (bicyclic) bond motifs is 1. The second-order valence-corrected chi connectivity index (χ2v) is 3.54. The van der Waals surface area contributed by atoms with Crippen LogP contribution in [0.25, 0.3) is 10.8 Å². The minimum Gasteiger partial charge on any atom is -0.465 e. The molecule has 0 spiro atoms. The largest absolute Gasteiger partial charge is 0.465 e. The number of pyridine rings is 1. The normalized spacial score (nSPS) is 10.4. The van der Waals surface area contributed by atoms with Crippen molar-refractivity contribution in [3.05, 3.63) is 40.9 Å². The van der Waals surface area contributed by atoms with E-state index in [4.69, 9.17) is 11.6 Å². The summed E-state index contributed by atoms with van der Waals surface area (Å²) in [7, 11) is 1.19. The zero-order valence-corrected chi connectivity index (χ0v) is 9.08. The van der Waals surface area contributed by atoms with Gasteiger partial charge in [-0.05, 0) is 12.1 Å². The van der Waals surface area contributed by atoms with Gasteiger partial charge in [0.2, 0.25) is 0 Å². The Hall–Kier alpha value is -1.68. The van der Waals surface area contributed by atoms with Gasteiger partial charge in [-0.1, -0.05) is 11.6 Å². The van der Waals surface area contributed by atoms with Gasteiger partial charge in [0.25, 0.3) is 0 Å². The van der Waals surface area contributed by atoms with Crippen LogP contribution in [-0.2, 0) is 4.74 Å². The maximum atomic E-state index is 13.6. The van der Waals surface area contributed by atoms with E-state index in [1.807, 2.05) is 0 Å². The smallest absolute Gasteiger partial charge is 0.341 e. The molecule has 2 aromatic rings. The lowest BCUT2D eigenvalue weighted by atomic mass is 10.1. The van der Waals surface area contributed by atoms with Gasteiger partial charge in [0.15, 0.2) is 0 Å². The topological polar surface area (TPSA) is 39.2 Å². The fourth-order valence-electron chi connectivity index (χ4n) is 1.50. The third-order valence-corrected chi connectivity index (χ3v) is 2.54. The van der Waals surface area contributed by atoms with Gasteiger partial charge in [0.1, 0.15) is 11.4 Å². The number of carbonyl (C=O) groups excluding carboxylic acids is 1. The molecule has 0 aliphatic carbocycles. The van der Waals surface area contributed by atoms with Crippen LogP contribution in [0.3, 0.4) is 0 Å². The first kappa shape index (κ1) is 10.8. The Morgan fingerprint density at radius 1 is 1.50 bits per heavy atom. The second-order valence-electron chi connectivity index (χ2n) is 3.13. The number of hydrogen-bond donors (Lipinski definition) is 0. The van der Waals surface area contributed by atoms with Crippen molar-refractivity contribution in [2.45, 2.75) is 0 Å². The van der Waals surface area contributed by atoms with Crippen molar-refractivity contribution in [1.29, 1.82) is 0 Å². The molecule has 1 heterocycles. The second kappa shape index (κ2) is 4.06.